The van der Waals surface area contributed by atoms with E-state index in [0.717, 1.165) is 24.2 Å². The molecule has 9 heteroatoms. The number of nitrogens with zero attached hydrogens (tertiary/aromatic N) is 4. The van der Waals surface area contributed by atoms with E-state index in [0.29, 0.717) is 31.0 Å². The number of piperidine rings is 1. The number of alkyl halides is 1. The van der Waals surface area contributed by atoms with Gasteiger partial charge in [0, 0.05) is 38.1 Å². The molecule has 0 saturated carbocycles. The van der Waals surface area contributed by atoms with Crippen LogP contribution in [0.2, 0.25) is 0 Å². The molecule has 1 fully saturated rings. The number of hydrogen-bond acceptors (Lipinski definition) is 7. The number of aromatic nitrogens is 2. The first-order valence-electron chi connectivity index (χ1n) is 10.1. The van der Waals surface area contributed by atoms with Gasteiger partial charge in [0.2, 0.25) is 5.82 Å². The number of nitro groups is 1. The predicted molar refractivity (Wildman–Crippen MR) is 119 cm³/mol. The first kappa shape index (κ1) is 20.5. The zero-order valence-electron chi connectivity index (χ0n) is 16.9. The van der Waals surface area contributed by atoms with Crippen molar-refractivity contribution in [2.75, 3.05) is 28.6 Å². The van der Waals surface area contributed by atoms with Crippen molar-refractivity contribution in [3.05, 3.63) is 76.6 Å². The van der Waals surface area contributed by atoms with Gasteiger partial charge in [0.1, 0.15) is 12.0 Å². The Kier molecular flexibility index (Phi) is 6.21. The minimum atomic E-state index is -0.880. The lowest BCUT2D eigenvalue weighted by molar-refractivity contribution is -0.384. The fraction of sp³-hybridized carbons (Fsp3) is 0.273. The Morgan fingerprint density at radius 1 is 1.16 bits per heavy atom. The fourth-order valence-corrected chi connectivity index (χ4v) is 3.61. The molecule has 0 aliphatic carbocycles. The predicted octanol–water partition coefficient (Wildman–Crippen LogP) is 4.68. The van der Waals surface area contributed by atoms with Crippen molar-refractivity contribution in [1.82, 2.24) is 9.97 Å². The van der Waals surface area contributed by atoms with Crippen molar-refractivity contribution in [2.24, 2.45) is 0 Å². The van der Waals surface area contributed by atoms with Gasteiger partial charge >= 0.3 is 5.69 Å². The molecule has 2 aromatic heterocycles. The van der Waals surface area contributed by atoms with Crippen LogP contribution in [0.1, 0.15) is 18.4 Å². The van der Waals surface area contributed by atoms with Gasteiger partial charge in [0.15, 0.2) is 0 Å². The second-order valence-corrected chi connectivity index (χ2v) is 7.36. The standard InChI is InChI=1S/C22H23FN6O2/c23-17-4-3-13-28(15-17)19-6-2-1-5-18(19)26-22-20(29(30)31)7-8-21(27-22)25-14-16-9-11-24-12-10-16/h1-2,5-12,17H,3-4,13-15H2,(H2,25,26,27). The molecule has 2 N–H and O–H groups in total. The summed E-state index contributed by atoms with van der Waals surface area (Å²) in [6, 6.07) is 14.2. The second kappa shape index (κ2) is 9.38. The largest absolute Gasteiger partial charge is 0.367 e. The van der Waals surface area contributed by atoms with Crippen LogP contribution >= 0.6 is 0 Å². The van der Waals surface area contributed by atoms with Gasteiger partial charge in [-0.2, -0.15) is 0 Å². The maximum Gasteiger partial charge on any atom is 0.311 e. The number of halogens is 1. The van der Waals surface area contributed by atoms with Crippen molar-refractivity contribution in [3.8, 4) is 0 Å². The highest BCUT2D eigenvalue weighted by molar-refractivity contribution is 5.77. The fourth-order valence-electron chi connectivity index (χ4n) is 3.61. The van der Waals surface area contributed by atoms with Crippen molar-refractivity contribution in [2.45, 2.75) is 25.6 Å². The molecule has 4 rings (SSSR count). The van der Waals surface area contributed by atoms with Gasteiger partial charge in [0.05, 0.1) is 16.3 Å². The molecule has 160 valence electrons. The smallest absolute Gasteiger partial charge is 0.311 e. The van der Waals surface area contributed by atoms with E-state index < -0.39 is 11.1 Å². The zero-order chi connectivity index (χ0) is 21.6. The number of hydrogen-bond donors (Lipinski definition) is 2. The number of para-hydroxylation sites is 2. The lowest BCUT2D eigenvalue weighted by atomic mass is 10.1. The molecule has 1 unspecified atom stereocenters. The Hall–Kier alpha value is -3.75. The normalized spacial score (nSPS) is 16.0. The van der Waals surface area contributed by atoms with Gasteiger partial charge in [-0.25, -0.2) is 9.37 Å². The van der Waals surface area contributed by atoms with Crippen LogP contribution in [0.4, 0.5) is 33.1 Å². The topological polar surface area (TPSA) is 96.2 Å². The molecule has 31 heavy (non-hydrogen) atoms. The summed E-state index contributed by atoms with van der Waals surface area (Å²) >= 11 is 0. The van der Waals surface area contributed by atoms with E-state index in [1.54, 1.807) is 18.5 Å². The van der Waals surface area contributed by atoms with E-state index in [4.69, 9.17) is 0 Å². The van der Waals surface area contributed by atoms with Gasteiger partial charge in [-0.1, -0.05) is 12.1 Å². The van der Waals surface area contributed by atoms with E-state index in [1.807, 2.05) is 41.3 Å². The Labute approximate surface area is 179 Å². The molecule has 1 saturated heterocycles. The van der Waals surface area contributed by atoms with Crippen LogP contribution in [0.3, 0.4) is 0 Å². The third kappa shape index (κ3) is 5.06. The Balaban J connectivity index is 1.59. The van der Waals surface area contributed by atoms with Crippen molar-refractivity contribution in [3.63, 3.8) is 0 Å². The quantitative estimate of drug-likeness (QED) is 0.422. The van der Waals surface area contributed by atoms with Crippen molar-refractivity contribution >= 4 is 28.7 Å². The van der Waals surface area contributed by atoms with Gasteiger partial charge in [-0.05, 0) is 48.7 Å². The maximum atomic E-state index is 13.9. The maximum absolute atomic E-state index is 13.9. The highest BCUT2D eigenvalue weighted by Crippen LogP contribution is 2.34. The first-order valence-corrected chi connectivity index (χ1v) is 10.1. The second-order valence-electron chi connectivity index (χ2n) is 7.36. The third-order valence-corrected chi connectivity index (χ3v) is 5.16. The van der Waals surface area contributed by atoms with E-state index in [9.17, 15) is 14.5 Å². The summed E-state index contributed by atoms with van der Waals surface area (Å²) < 4.78 is 13.9. The molecule has 0 spiro atoms. The van der Waals surface area contributed by atoms with Crippen LogP contribution < -0.4 is 15.5 Å². The molecule has 0 radical (unpaired) electrons. The summed E-state index contributed by atoms with van der Waals surface area (Å²) in [7, 11) is 0. The van der Waals surface area contributed by atoms with Crippen LogP contribution in [0.15, 0.2) is 60.9 Å². The Morgan fingerprint density at radius 3 is 2.74 bits per heavy atom. The third-order valence-electron chi connectivity index (χ3n) is 5.16. The van der Waals surface area contributed by atoms with Crippen LogP contribution in [-0.4, -0.2) is 34.2 Å². The van der Waals surface area contributed by atoms with Gasteiger partial charge in [-0.15, -0.1) is 0 Å². The zero-order valence-corrected chi connectivity index (χ0v) is 16.9. The van der Waals surface area contributed by atoms with E-state index >= 15 is 0 Å². The molecule has 0 amide bonds. The first-order chi connectivity index (χ1) is 15.1. The van der Waals surface area contributed by atoms with Crippen LogP contribution in [0, 0.1) is 10.1 Å². The van der Waals surface area contributed by atoms with E-state index in [1.165, 1.54) is 6.07 Å². The van der Waals surface area contributed by atoms with E-state index in [2.05, 4.69) is 20.6 Å². The highest BCUT2D eigenvalue weighted by Gasteiger charge is 2.23. The molecular formula is C22H23FN6O2. The summed E-state index contributed by atoms with van der Waals surface area (Å²) in [5.41, 5.74) is 2.33. The van der Waals surface area contributed by atoms with Crippen LogP contribution in [0.25, 0.3) is 0 Å². The van der Waals surface area contributed by atoms with Crippen molar-refractivity contribution < 1.29 is 9.31 Å². The minimum absolute atomic E-state index is 0.131. The molecule has 1 aliphatic heterocycles. The van der Waals surface area contributed by atoms with Crippen LogP contribution in [0.5, 0.6) is 0 Å². The molecule has 0 bridgehead atoms. The molecular weight excluding hydrogens is 399 g/mol. The van der Waals surface area contributed by atoms with Crippen LogP contribution in [-0.2, 0) is 6.54 Å². The number of nitrogens with one attached hydrogen (secondary N) is 2. The molecule has 1 atom stereocenters. The summed E-state index contributed by atoms with van der Waals surface area (Å²) in [6.07, 6.45) is 3.85. The summed E-state index contributed by atoms with van der Waals surface area (Å²) in [5, 5.41) is 17.9. The van der Waals surface area contributed by atoms with Crippen molar-refractivity contribution in [1.29, 1.82) is 0 Å². The highest BCUT2D eigenvalue weighted by atomic mass is 19.1. The molecule has 8 nitrogen and oxygen atoms in total. The van der Waals surface area contributed by atoms with Gasteiger partial charge in [0.25, 0.3) is 0 Å². The molecule has 1 aromatic carbocycles. The lowest BCUT2D eigenvalue weighted by Gasteiger charge is -2.32. The number of benzene rings is 1. The molecule has 3 aromatic rings. The molecule has 3 heterocycles. The minimum Gasteiger partial charge on any atom is -0.367 e. The summed E-state index contributed by atoms with van der Waals surface area (Å²) in [5.74, 6) is 0.634. The number of pyridine rings is 2. The number of anilines is 4. The lowest BCUT2D eigenvalue weighted by Crippen LogP contribution is -2.36. The SMILES string of the molecule is O=[N+]([O-])c1ccc(NCc2ccncc2)nc1Nc1ccccc1N1CCCC(F)C1. The number of rotatable bonds is 7. The summed E-state index contributed by atoms with van der Waals surface area (Å²) in [6.45, 7) is 1.55. The summed E-state index contributed by atoms with van der Waals surface area (Å²) in [4.78, 5) is 21.5. The molecule has 1 aliphatic rings. The Bertz CT molecular complexity index is 1050. The Morgan fingerprint density at radius 2 is 1.97 bits per heavy atom. The monoisotopic (exact) mass is 422 g/mol. The van der Waals surface area contributed by atoms with Gasteiger partial charge < -0.3 is 15.5 Å². The average Bonchev–Trinajstić information content (AvgIpc) is 2.79. The van der Waals surface area contributed by atoms with E-state index in [-0.39, 0.29) is 11.5 Å². The van der Waals surface area contributed by atoms with Gasteiger partial charge in [-0.3, -0.25) is 15.1 Å². The average molecular weight is 422 g/mol.